The van der Waals surface area contributed by atoms with E-state index in [4.69, 9.17) is 0 Å². The van der Waals surface area contributed by atoms with Crippen molar-refractivity contribution in [2.24, 2.45) is 0 Å². The van der Waals surface area contributed by atoms with Gasteiger partial charge in [0.05, 0.1) is 11.9 Å². The molecule has 0 atom stereocenters. The third kappa shape index (κ3) is 5.04. The molecule has 0 aliphatic carbocycles. The molecule has 0 saturated carbocycles. The van der Waals surface area contributed by atoms with Crippen LogP contribution in [0.3, 0.4) is 0 Å². The molecule has 0 spiro atoms. The molecule has 0 bridgehead atoms. The van der Waals surface area contributed by atoms with Gasteiger partial charge in [-0.3, -0.25) is 9.59 Å². The number of hydrogen-bond donors (Lipinski definition) is 2. The van der Waals surface area contributed by atoms with Crippen molar-refractivity contribution in [2.75, 3.05) is 0 Å². The lowest BCUT2D eigenvalue weighted by atomic mass is 10.2. The van der Waals surface area contributed by atoms with Gasteiger partial charge in [-0.25, -0.2) is 14.1 Å². The van der Waals surface area contributed by atoms with E-state index in [0.717, 1.165) is 22.9 Å². The van der Waals surface area contributed by atoms with Crippen molar-refractivity contribution in [2.45, 2.75) is 33.4 Å². The lowest BCUT2D eigenvalue weighted by molar-refractivity contribution is 0.0932. The molecule has 1 aromatic carbocycles. The second-order valence-electron chi connectivity index (χ2n) is 6.97. The quantitative estimate of drug-likeness (QED) is 0.672. The van der Waals surface area contributed by atoms with E-state index in [1.807, 2.05) is 37.4 Å². The number of nitrogens with zero attached hydrogens (tertiary/aromatic N) is 3. The Hall–Kier alpha value is -3.55. The molecule has 7 nitrogen and oxygen atoms in total. The molecule has 3 aromatic rings. The van der Waals surface area contributed by atoms with E-state index in [1.165, 1.54) is 6.07 Å². The molecule has 0 aliphatic heterocycles. The van der Waals surface area contributed by atoms with Crippen LogP contribution in [0, 0.1) is 12.7 Å². The van der Waals surface area contributed by atoms with E-state index in [-0.39, 0.29) is 18.3 Å². The Morgan fingerprint density at radius 3 is 2.69 bits per heavy atom. The van der Waals surface area contributed by atoms with E-state index in [2.05, 4.69) is 20.7 Å². The number of rotatable bonds is 6. The maximum absolute atomic E-state index is 13.9. The fraction of sp³-hybridized carbons (Fsp3) is 0.238. The number of hydrogen-bond acceptors (Lipinski definition) is 4. The maximum atomic E-state index is 13.9. The average molecular weight is 395 g/mol. The highest BCUT2D eigenvalue weighted by Gasteiger charge is 2.18. The molecule has 0 unspecified atom stereocenters. The highest BCUT2D eigenvalue weighted by molar-refractivity contribution is 5.96. The number of carbonyl (C=O) groups excluding carboxylic acids is 2. The minimum absolute atomic E-state index is 0.0358. The Morgan fingerprint density at radius 2 is 1.97 bits per heavy atom. The summed E-state index contributed by atoms with van der Waals surface area (Å²) < 4.78 is 15.6. The highest BCUT2D eigenvalue weighted by atomic mass is 19.1. The summed E-state index contributed by atoms with van der Waals surface area (Å²) in [7, 11) is 0. The summed E-state index contributed by atoms with van der Waals surface area (Å²) in [6, 6.07) is 10.0. The Bertz CT molecular complexity index is 1050. The minimum Gasteiger partial charge on any atom is -0.348 e. The Balaban J connectivity index is 1.68. The van der Waals surface area contributed by atoms with Gasteiger partial charge in [-0.15, -0.1) is 0 Å². The first-order valence-corrected chi connectivity index (χ1v) is 9.19. The number of benzene rings is 1. The van der Waals surface area contributed by atoms with Crippen molar-refractivity contribution in [3.05, 3.63) is 77.1 Å². The first-order chi connectivity index (χ1) is 13.8. The molecule has 2 amide bonds. The molecule has 0 aliphatic rings. The van der Waals surface area contributed by atoms with E-state index in [9.17, 15) is 14.0 Å². The summed E-state index contributed by atoms with van der Waals surface area (Å²) in [4.78, 5) is 28.3. The monoisotopic (exact) mass is 395 g/mol. The maximum Gasteiger partial charge on any atom is 0.273 e. The summed E-state index contributed by atoms with van der Waals surface area (Å²) in [5.74, 6) is -1.95. The van der Waals surface area contributed by atoms with Crippen LogP contribution in [-0.2, 0) is 6.54 Å². The smallest absolute Gasteiger partial charge is 0.273 e. The average Bonchev–Trinajstić information content (AvgIpc) is 3.15. The molecule has 2 N–H and O–H groups in total. The van der Waals surface area contributed by atoms with Crippen molar-refractivity contribution >= 4 is 11.8 Å². The molecule has 29 heavy (non-hydrogen) atoms. The van der Waals surface area contributed by atoms with Crippen LogP contribution < -0.4 is 10.6 Å². The van der Waals surface area contributed by atoms with Crippen LogP contribution >= 0.6 is 0 Å². The number of aryl methyl sites for hydroxylation is 1. The predicted molar refractivity (Wildman–Crippen MR) is 106 cm³/mol. The van der Waals surface area contributed by atoms with Crippen LogP contribution in [0.5, 0.6) is 0 Å². The number of amides is 2. The first kappa shape index (κ1) is 20.2. The first-order valence-electron chi connectivity index (χ1n) is 9.19. The van der Waals surface area contributed by atoms with E-state index in [0.29, 0.717) is 0 Å². The van der Waals surface area contributed by atoms with Crippen LogP contribution in [0.15, 0.2) is 48.8 Å². The second-order valence-corrected chi connectivity index (χ2v) is 6.97. The van der Waals surface area contributed by atoms with Crippen molar-refractivity contribution in [3.8, 4) is 5.69 Å². The van der Waals surface area contributed by atoms with E-state index < -0.39 is 23.3 Å². The zero-order chi connectivity index (χ0) is 21.0. The van der Waals surface area contributed by atoms with Crippen molar-refractivity contribution in [3.63, 3.8) is 0 Å². The van der Waals surface area contributed by atoms with Gasteiger partial charge in [0, 0.05) is 24.3 Å². The van der Waals surface area contributed by atoms with E-state index >= 15 is 0 Å². The van der Waals surface area contributed by atoms with Gasteiger partial charge in [-0.05, 0) is 50.6 Å². The molecular weight excluding hydrogens is 373 g/mol. The Labute approximate surface area is 168 Å². The lowest BCUT2D eigenvalue weighted by Crippen LogP contribution is -2.32. The summed E-state index contributed by atoms with van der Waals surface area (Å²) >= 11 is 0. The Morgan fingerprint density at radius 1 is 1.17 bits per heavy atom. The lowest BCUT2D eigenvalue weighted by Gasteiger charge is -2.09. The molecule has 8 heteroatoms. The van der Waals surface area contributed by atoms with Crippen LogP contribution in [-0.4, -0.2) is 32.6 Å². The van der Waals surface area contributed by atoms with Gasteiger partial charge in [0.1, 0.15) is 5.69 Å². The molecule has 0 fully saturated rings. The number of pyridine rings is 1. The summed E-state index contributed by atoms with van der Waals surface area (Å²) in [6.45, 7) is 5.73. The summed E-state index contributed by atoms with van der Waals surface area (Å²) in [5, 5.41) is 9.57. The van der Waals surface area contributed by atoms with Crippen LogP contribution in [0.4, 0.5) is 4.39 Å². The van der Waals surface area contributed by atoms with Gasteiger partial charge < -0.3 is 10.6 Å². The predicted octanol–water partition coefficient (Wildman–Crippen LogP) is 2.78. The zero-order valence-electron chi connectivity index (χ0n) is 16.4. The van der Waals surface area contributed by atoms with Crippen molar-refractivity contribution in [1.82, 2.24) is 25.4 Å². The molecule has 150 valence electrons. The number of aromatic nitrogens is 3. The van der Waals surface area contributed by atoms with Gasteiger partial charge in [0.15, 0.2) is 11.5 Å². The summed E-state index contributed by atoms with van der Waals surface area (Å²) in [5.41, 5.74) is 2.39. The van der Waals surface area contributed by atoms with Crippen LogP contribution in [0.2, 0.25) is 0 Å². The topological polar surface area (TPSA) is 88.9 Å². The van der Waals surface area contributed by atoms with Crippen molar-refractivity contribution in [1.29, 1.82) is 0 Å². The van der Waals surface area contributed by atoms with Crippen LogP contribution in [0.1, 0.15) is 46.0 Å². The van der Waals surface area contributed by atoms with Gasteiger partial charge in [-0.2, -0.15) is 5.10 Å². The Kier molecular flexibility index (Phi) is 6.01. The molecule has 0 radical (unpaired) electrons. The SMILES string of the molecule is Cc1cccc(-n2cc(CNC(=O)c3ccc(F)c(C(=O)NC(C)C)n3)cn2)c1. The zero-order valence-corrected chi connectivity index (χ0v) is 16.4. The standard InChI is InChI=1S/C21H22FN5O2/c1-13(2)25-21(29)19-17(22)7-8-18(26-19)20(28)23-10-15-11-24-27(12-15)16-6-4-5-14(3)9-16/h4-9,11-13H,10H2,1-3H3,(H,23,28)(H,25,29). The molecule has 2 heterocycles. The van der Waals surface area contributed by atoms with Gasteiger partial charge in [-0.1, -0.05) is 12.1 Å². The van der Waals surface area contributed by atoms with Gasteiger partial charge in [0.25, 0.3) is 11.8 Å². The third-order valence-corrected chi connectivity index (χ3v) is 4.07. The van der Waals surface area contributed by atoms with Gasteiger partial charge in [0.2, 0.25) is 0 Å². The van der Waals surface area contributed by atoms with Crippen LogP contribution in [0.25, 0.3) is 5.69 Å². The van der Waals surface area contributed by atoms with Gasteiger partial charge >= 0.3 is 0 Å². The molecule has 3 rings (SSSR count). The fourth-order valence-electron chi connectivity index (χ4n) is 2.69. The number of halogens is 1. The minimum atomic E-state index is -0.779. The molecular formula is C21H22FN5O2. The molecule has 2 aromatic heterocycles. The summed E-state index contributed by atoms with van der Waals surface area (Å²) in [6.07, 6.45) is 3.47. The normalized spacial score (nSPS) is 10.8. The third-order valence-electron chi connectivity index (χ3n) is 4.07. The number of carbonyl (C=O) groups is 2. The number of nitrogens with one attached hydrogen (secondary N) is 2. The fourth-order valence-corrected chi connectivity index (χ4v) is 2.69. The molecule has 0 saturated heterocycles. The highest BCUT2D eigenvalue weighted by Crippen LogP contribution is 2.11. The van der Waals surface area contributed by atoms with E-state index in [1.54, 1.807) is 24.7 Å². The largest absolute Gasteiger partial charge is 0.348 e. The second kappa shape index (κ2) is 8.64. The van der Waals surface area contributed by atoms with Crippen molar-refractivity contribution < 1.29 is 14.0 Å².